The molecule has 0 aliphatic carbocycles. The molecule has 0 N–H and O–H groups in total. The SMILES string of the molecule is Cc1cccc(C(=O)N2CCCc3ncccc32)n1. The Morgan fingerprint density at radius 2 is 2.16 bits per heavy atom. The molecule has 19 heavy (non-hydrogen) atoms. The van der Waals surface area contributed by atoms with E-state index < -0.39 is 0 Å². The van der Waals surface area contributed by atoms with Crippen LogP contribution in [0.5, 0.6) is 0 Å². The minimum atomic E-state index is -0.0438. The van der Waals surface area contributed by atoms with E-state index in [-0.39, 0.29) is 5.91 Å². The van der Waals surface area contributed by atoms with Crippen molar-refractivity contribution in [2.24, 2.45) is 0 Å². The van der Waals surface area contributed by atoms with E-state index in [1.165, 1.54) is 0 Å². The Morgan fingerprint density at radius 3 is 3.00 bits per heavy atom. The number of aromatic nitrogens is 2. The Kier molecular flexibility index (Phi) is 2.99. The Bertz CT molecular complexity index is 624. The van der Waals surface area contributed by atoms with E-state index in [4.69, 9.17) is 0 Å². The maximum Gasteiger partial charge on any atom is 0.276 e. The summed E-state index contributed by atoms with van der Waals surface area (Å²) in [7, 11) is 0. The van der Waals surface area contributed by atoms with Gasteiger partial charge in [-0.1, -0.05) is 6.07 Å². The van der Waals surface area contributed by atoms with Crippen molar-refractivity contribution in [1.29, 1.82) is 0 Å². The van der Waals surface area contributed by atoms with E-state index in [1.54, 1.807) is 17.2 Å². The fourth-order valence-corrected chi connectivity index (χ4v) is 2.40. The number of hydrogen-bond donors (Lipinski definition) is 0. The van der Waals surface area contributed by atoms with E-state index in [2.05, 4.69) is 9.97 Å². The van der Waals surface area contributed by atoms with Crippen LogP contribution in [-0.2, 0) is 6.42 Å². The van der Waals surface area contributed by atoms with Crippen LogP contribution in [0.25, 0.3) is 0 Å². The quantitative estimate of drug-likeness (QED) is 0.784. The molecule has 0 aromatic carbocycles. The van der Waals surface area contributed by atoms with Crippen molar-refractivity contribution < 1.29 is 4.79 Å². The molecule has 4 heteroatoms. The molecule has 1 amide bonds. The highest BCUT2D eigenvalue weighted by Gasteiger charge is 2.24. The highest BCUT2D eigenvalue weighted by molar-refractivity contribution is 6.05. The third-order valence-electron chi connectivity index (χ3n) is 3.30. The molecule has 1 aliphatic heterocycles. The molecule has 0 saturated heterocycles. The van der Waals surface area contributed by atoms with Crippen molar-refractivity contribution in [2.75, 3.05) is 11.4 Å². The normalized spacial score (nSPS) is 14.1. The number of carbonyl (C=O) groups is 1. The Morgan fingerprint density at radius 1 is 1.26 bits per heavy atom. The molecule has 0 bridgehead atoms. The number of carbonyl (C=O) groups excluding carboxylic acids is 1. The van der Waals surface area contributed by atoms with Crippen molar-refractivity contribution in [3.05, 3.63) is 53.6 Å². The van der Waals surface area contributed by atoms with E-state index in [0.717, 1.165) is 36.5 Å². The van der Waals surface area contributed by atoms with Crippen molar-refractivity contribution in [1.82, 2.24) is 9.97 Å². The van der Waals surface area contributed by atoms with Gasteiger partial charge < -0.3 is 4.90 Å². The molecule has 2 aromatic heterocycles. The fraction of sp³-hybridized carbons (Fsp3) is 0.267. The third-order valence-corrected chi connectivity index (χ3v) is 3.30. The van der Waals surface area contributed by atoms with Crippen LogP contribution in [0.2, 0.25) is 0 Å². The lowest BCUT2D eigenvalue weighted by Gasteiger charge is -2.28. The molecule has 0 fully saturated rings. The molecule has 0 unspecified atom stereocenters. The van der Waals surface area contributed by atoms with Crippen LogP contribution in [-0.4, -0.2) is 22.4 Å². The number of pyridine rings is 2. The number of rotatable bonds is 1. The molecule has 0 atom stereocenters. The predicted octanol–water partition coefficient (Wildman–Crippen LogP) is 2.38. The molecule has 3 rings (SSSR count). The van der Waals surface area contributed by atoms with Crippen molar-refractivity contribution >= 4 is 11.6 Å². The molecule has 96 valence electrons. The van der Waals surface area contributed by atoms with Gasteiger partial charge in [0.25, 0.3) is 5.91 Å². The molecular formula is C15H15N3O. The maximum atomic E-state index is 12.6. The highest BCUT2D eigenvalue weighted by atomic mass is 16.2. The van der Waals surface area contributed by atoms with Gasteiger partial charge in [-0.2, -0.15) is 0 Å². The van der Waals surface area contributed by atoms with Crippen LogP contribution in [0.3, 0.4) is 0 Å². The molecule has 1 aliphatic rings. The summed E-state index contributed by atoms with van der Waals surface area (Å²) in [5, 5.41) is 0. The largest absolute Gasteiger partial charge is 0.305 e. The van der Waals surface area contributed by atoms with Gasteiger partial charge in [0.05, 0.1) is 11.4 Å². The lowest BCUT2D eigenvalue weighted by molar-refractivity contribution is 0.0980. The number of nitrogens with zero attached hydrogens (tertiary/aromatic N) is 3. The minimum Gasteiger partial charge on any atom is -0.305 e. The number of aryl methyl sites for hydroxylation is 2. The second-order valence-electron chi connectivity index (χ2n) is 4.69. The third kappa shape index (κ3) is 2.21. The lowest BCUT2D eigenvalue weighted by atomic mass is 10.1. The van der Waals surface area contributed by atoms with Crippen LogP contribution in [0.15, 0.2) is 36.5 Å². The standard InChI is InChI=1S/C15H15N3O/c1-11-5-2-6-13(17-11)15(19)18-10-4-7-12-14(18)8-3-9-16-12/h2-3,5-6,8-9H,4,7,10H2,1H3. The van der Waals surface area contributed by atoms with Gasteiger partial charge in [-0.3, -0.25) is 9.78 Å². The Balaban J connectivity index is 1.98. The number of anilines is 1. The second kappa shape index (κ2) is 4.80. The summed E-state index contributed by atoms with van der Waals surface area (Å²) in [5.41, 5.74) is 3.27. The minimum absolute atomic E-state index is 0.0438. The lowest BCUT2D eigenvalue weighted by Crippen LogP contribution is -2.36. The summed E-state index contributed by atoms with van der Waals surface area (Å²) in [4.78, 5) is 23.0. The van der Waals surface area contributed by atoms with E-state index >= 15 is 0 Å². The van der Waals surface area contributed by atoms with Gasteiger partial charge in [-0.15, -0.1) is 0 Å². The number of fused-ring (bicyclic) bond motifs is 1. The molecule has 4 nitrogen and oxygen atoms in total. The summed E-state index contributed by atoms with van der Waals surface area (Å²) in [6.45, 7) is 2.62. The van der Waals surface area contributed by atoms with Gasteiger partial charge in [0, 0.05) is 18.4 Å². The molecule has 2 aromatic rings. The Labute approximate surface area is 112 Å². The molecule has 0 saturated carbocycles. The predicted molar refractivity (Wildman–Crippen MR) is 73.2 cm³/mol. The van der Waals surface area contributed by atoms with Gasteiger partial charge in [-0.25, -0.2) is 4.98 Å². The van der Waals surface area contributed by atoms with Crippen molar-refractivity contribution in [3.8, 4) is 0 Å². The summed E-state index contributed by atoms with van der Waals surface area (Å²) in [6.07, 6.45) is 3.65. The van der Waals surface area contributed by atoms with Gasteiger partial charge in [0.1, 0.15) is 5.69 Å². The average Bonchev–Trinajstić information content (AvgIpc) is 2.46. The monoisotopic (exact) mass is 253 g/mol. The highest BCUT2D eigenvalue weighted by Crippen LogP contribution is 2.26. The second-order valence-corrected chi connectivity index (χ2v) is 4.69. The molecular weight excluding hydrogens is 238 g/mol. The maximum absolute atomic E-state index is 12.6. The Hall–Kier alpha value is -2.23. The summed E-state index contributed by atoms with van der Waals surface area (Å²) < 4.78 is 0. The number of hydrogen-bond acceptors (Lipinski definition) is 3. The topological polar surface area (TPSA) is 46.1 Å². The van der Waals surface area contributed by atoms with Crippen molar-refractivity contribution in [3.63, 3.8) is 0 Å². The zero-order valence-corrected chi connectivity index (χ0v) is 10.8. The first-order chi connectivity index (χ1) is 9.25. The summed E-state index contributed by atoms with van der Waals surface area (Å²) in [5.74, 6) is -0.0438. The van der Waals surface area contributed by atoms with Gasteiger partial charge in [0.2, 0.25) is 0 Å². The first kappa shape index (κ1) is 11.8. The zero-order chi connectivity index (χ0) is 13.2. The van der Waals surface area contributed by atoms with Crippen LogP contribution in [0, 0.1) is 6.92 Å². The fourth-order valence-electron chi connectivity index (χ4n) is 2.40. The average molecular weight is 253 g/mol. The zero-order valence-electron chi connectivity index (χ0n) is 10.8. The number of amides is 1. The van der Waals surface area contributed by atoms with Crippen LogP contribution < -0.4 is 4.90 Å². The summed E-state index contributed by atoms with van der Waals surface area (Å²) >= 11 is 0. The molecule has 0 radical (unpaired) electrons. The summed E-state index contributed by atoms with van der Waals surface area (Å²) in [6, 6.07) is 9.34. The van der Waals surface area contributed by atoms with E-state index in [9.17, 15) is 4.79 Å². The molecule has 3 heterocycles. The van der Waals surface area contributed by atoms with E-state index in [0.29, 0.717) is 5.69 Å². The van der Waals surface area contributed by atoms with Crippen LogP contribution in [0.4, 0.5) is 5.69 Å². The van der Waals surface area contributed by atoms with E-state index in [1.807, 2.05) is 31.2 Å². The first-order valence-corrected chi connectivity index (χ1v) is 6.45. The van der Waals surface area contributed by atoms with Crippen molar-refractivity contribution in [2.45, 2.75) is 19.8 Å². The van der Waals surface area contributed by atoms with Gasteiger partial charge in [0.15, 0.2) is 0 Å². The first-order valence-electron chi connectivity index (χ1n) is 6.45. The molecule has 0 spiro atoms. The smallest absolute Gasteiger partial charge is 0.276 e. The van der Waals surface area contributed by atoms with Crippen LogP contribution >= 0.6 is 0 Å². The van der Waals surface area contributed by atoms with Gasteiger partial charge in [-0.05, 0) is 44.0 Å². The van der Waals surface area contributed by atoms with Crippen LogP contribution in [0.1, 0.15) is 28.3 Å². The van der Waals surface area contributed by atoms with Gasteiger partial charge >= 0.3 is 0 Å².